The Morgan fingerprint density at radius 1 is 0.484 bits per heavy atom. The minimum atomic E-state index is -2.54. The number of carbonyl (C=O) groups is 3. The van der Waals surface area contributed by atoms with Crippen LogP contribution >= 0.6 is 0 Å². The van der Waals surface area contributed by atoms with E-state index in [9.17, 15) is 31.9 Å². The van der Waals surface area contributed by atoms with Crippen LogP contribution in [0.1, 0.15) is 31.5 Å². The molecule has 0 saturated heterocycles. The SMILES string of the molecule is COCCOCCn1cc(NC(=O)c2coc(-c3cn[nH]c3)n2)c(-c2ccccn2)n1.O=C(Nc1cn(CCOCC(F)F)nc1-c1ccccn1)c1coc(-c2cn[nH]c2)n1.O=C(Nc1cn(CCOCC(F)F)nc1-c1ccccn1)c1coc(-c2cn[nH]c2)n1. The minimum absolute atomic E-state index is 0.0401. The molecule has 0 radical (unpaired) electrons. The Labute approximate surface area is 522 Å². The first-order chi connectivity index (χ1) is 45.4. The van der Waals surface area contributed by atoms with Gasteiger partial charge in [0.2, 0.25) is 17.7 Å². The summed E-state index contributed by atoms with van der Waals surface area (Å²) in [4.78, 5) is 63.6. The molecule has 12 heterocycles. The van der Waals surface area contributed by atoms with Crippen molar-refractivity contribution in [2.24, 2.45) is 0 Å². The van der Waals surface area contributed by atoms with Crippen LogP contribution in [0.5, 0.6) is 0 Å². The maximum atomic E-state index is 12.8. The highest BCUT2D eigenvalue weighted by atomic mass is 19.3. The molecule has 12 aromatic rings. The van der Waals surface area contributed by atoms with Gasteiger partial charge in [0, 0.05) is 62.9 Å². The molecule has 0 aliphatic rings. The summed E-state index contributed by atoms with van der Waals surface area (Å²) in [5.41, 5.74) is 6.47. The van der Waals surface area contributed by atoms with Gasteiger partial charge in [-0.25, -0.2) is 32.5 Å². The highest BCUT2D eigenvalue weighted by Gasteiger charge is 2.23. The third-order valence-electron chi connectivity index (χ3n) is 12.5. The third kappa shape index (κ3) is 18.0. The van der Waals surface area contributed by atoms with Gasteiger partial charge in [-0.15, -0.1) is 0 Å². The van der Waals surface area contributed by atoms with E-state index in [1.54, 1.807) is 110 Å². The lowest BCUT2D eigenvalue weighted by Gasteiger charge is -2.03. The number of carbonyl (C=O) groups excluding carboxylic acids is 3. The van der Waals surface area contributed by atoms with Gasteiger partial charge in [-0.1, -0.05) is 18.2 Å². The van der Waals surface area contributed by atoms with Crippen LogP contribution in [-0.4, -0.2) is 174 Å². The van der Waals surface area contributed by atoms with Crippen LogP contribution in [0.3, 0.4) is 0 Å². The maximum absolute atomic E-state index is 12.8. The molecule has 0 unspecified atom stereocenters. The van der Waals surface area contributed by atoms with Gasteiger partial charge >= 0.3 is 0 Å². The van der Waals surface area contributed by atoms with Gasteiger partial charge in [-0.3, -0.25) is 58.7 Å². The molecule has 480 valence electrons. The predicted octanol–water partition coefficient (Wildman–Crippen LogP) is 7.95. The normalized spacial score (nSPS) is 11.1. The number of H-pyrrole nitrogens is 3. The molecule has 6 N–H and O–H groups in total. The summed E-state index contributed by atoms with van der Waals surface area (Å²) >= 11 is 0. The summed E-state index contributed by atoms with van der Waals surface area (Å²) in [7, 11) is 1.62. The number of halogens is 4. The van der Waals surface area contributed by atoms with E-state index >= 15 is 0 Å². The molecule has 0 aliphatic heterocycles. The van der Waals surface area contributed by atoms with Crippen molar-refractivity contribution in [1.82, 2.24) is 89.8 Å². The van der Waals surface area contributed by atoms with E-state index in [1.807, 2.05) is 18.2 Å². The molecular weight excluding hydrogens is 1230 g/mol. The number of pyridine rings is 3. The Kier molecular flexibility index (Phi) is 22.2. The van der Waals surface area contributed by atoms with Crippen LogP contribution in [0.2, 0.25) is 0 Å². The van der Waals surface area contributed by atoms with E-state index in [-0.39, 0.29) is 55.2 Å². The van der Waals surface area contributed by atoms with Gasteiger partial charge in [-0.2, -0.15) is 30.6 Å². The second-order valence-electron chi connectivity index (χ2n) is 19.1. The molecule has 0 bridgehead atoms. The van der Waals surface area contributed by atoms with Crippen molar-refractivity contribution < 1.29 is 64.1 Å². The summed E-state index contributed by atoms with van der Waals surface area (Å²) in [6, 6.07) is 16.1. The van der Waals surface area contributed by atoms with Crippen molar-refractivity contribution in [1.29, 1.82) is 0 Å². The highest BCUT2D eigenvalue weighted by Crippen LogP contribution is 2.29. The fourth-order valence-electron chi connectivity index (χ4n) is 8.22. The molecule has 3 amide bonds. The first-order valence-electron chi connectivity index (χ1n) is 28.0. The fourth-order valence-corrected chi connectivity index (χ4v) is 8.22. The number of hydrogen-bond donors (Lipinski definition) is 6. The number of anilines is 3. The smallest absolute Gasteiger partial charge is 0.277 e. The number of alkyl halides is 4. The molecule has 35 heteroatoms. The number of nitrogens with one attached hydrogen (secondary N) is 6. The van der Waals surface area contributed by atoms with E-state index < -0.39 is 43.8 Å². The van der Waals surface area contributed by atoms with E-state index in [1.165, 1.54) is 40.5 Å². The number of ether oxygens (including phenoxy) is 4. The zero-order valence-electron chi connectivity index (χ0n) is 48.9. The van der Waals surface area contributed by atoms with Gasteiger partial charge in [0.05, 0.1) is 122 Å². The van der Waals surface area contributed by atoms with Crippen molar-refractivity contribution >= 4 is 34.8 Å². The van der Waals surface area contributed by atoms with Crippen LogP contribution in [0.4, 0.5) is 34.6 Å². The molecule has 0 saturated carbocycles. The molecule has 0 atom stereocenters. The van der Waals surface area contributed by atoms with E-state index in [0.29, 0.717) is 100 Å². The highest BCUT2D eigenvalue weighted by molar-refractivity contribution is 6.06. The molecule has 12 rings (SSSR count). The van der Waals surface area contributed by atoms with Crippen molar-refractivity contribution in [3.63, 3.8) is 0 Å². The number of oxazole rings is 3. The zero-order valence-corrected chi connectivity index (χ0v) is 48.9. The second-order valence-corrected chi connectivity index (χ2v) is 19.1. The predicted molar refractivity (Wildman–Crippen MR) is 319 cm³/mol. The van der Waals surface area contributed by atoms with Crippen molar-refractivity contribution in [3.8, 4) is 68.5 Å². The van der Waals surface area contributed by atoms with E-state index in [4.69, 9.17) is 32.2 Å². The minimum Gasteiger partial charge on any atom is -0.444 e. The number of aromatic nitrogens is 18. The lowest BCUT2D eigenvalue weighted by atomic mass is 10.2. The molecule has 93 heavy (non-hydrogen) atoms. The Balaban J connectivity index is 0.000000153. The third-order valence-corrected chi connectivity index (χ3v) is 12.5. The van der Waals surface area contributed by atoms with E-state index in [0.717, 1.165) is 0 Å². The van der Waals surface area contributed by atoms with Crippen LogP contribution in [0, 0.1) is 0 Å². The molecule has 0 aromatic carbocycles. The Morgan fingerprint density at radius 2 is 0.828 bits per heavy atom. The lowest BCUT2D eigenvalue weighted by molar-refractivity contribution is 0.0139. The topological polar surface area (TPSA) is 380 Å². The van der Waals surface area contributed by atoms with Gasteiger partial charge in [0.1, 0.15) is 49.1 Å². The summed E-state index contributed by atoms with van der Waals surface area (Å²) in [6.07, 6.45) is 17.9. The van der Waals surface area contributed by atoms with Gasteiger partial charge in [-0.05, 0) is 36.4 Å². The summed E-state index contributed by atoms with van der Waals surface area (Å²) < 4.78 is 89.9. The Morgan fingerprint density at radius 3 is 1.12 bits per heavy atom. The second kappa shape index (κ2) is 32.2. The number of amides is 3. The summed E-state index contributed by atoms with van der Waals surface area (Å²) in [5.74, 6) is -0.654. The van der Waals surface area contributed by atoms with Crippen molar-refractivity contribution in [2.45, 2.75) is 32.5 Å². The zero-order chi connectivity index (χ0) is 64.7. The van der Waals surface area contributed by atoms with Crippen LogP contribution in [-0.2, 0) is 38.6 Å². The van der Waals surface area contributed by atoms with Crippen molar-refractivity contribution in [3.05, 3.63) is 165 Å². The van der Waals surface area contributed by atoms with E-state index in [2.05, 4.69) is 91.7 Å². The first kappa shape index (κ1) is 64.3. The number of rotatable bonds is 28. The maximum Gasteiger partial charge on any atom is 0.277 e. The average molecular weight is 1280 g/mol. The monoisotopic (exact) mass is 1280 g/mol. The van der Waals surface area contributed by atoms with Crippen molar-refractivity contribution in [2.75, 3.05) is 69.3 Å². The summed E-state index contributed by atoms with van der Waals surface area (Å²) in [5, 5.41) is 41.1. The molecule has 0 fully saturated rings. The molecule has 0 spiro atoms. The number of hydrogen-bond acceptors (Lipinski definition) is 22. The van der Waals surface area contributed by atoms with Gasteiger partial charge < -0.3 is 48.1 Å². The molecule has 31 nitrogen and oxygen atoms in total. The standard InChI is InChI=1S/C20H21N7O4.2C19H17F2N7O3/c1-29-8-9-30-7-6-27-12-16(18(26-27)15-4-2-3-5-21-15)24-19(28)17-13-31-20(25-17)14-10-22-23-11-14;2*20-16(21)11-30-6-5-28-9-14(17(27-28)13-3-1-2-4-22-13)25-18(29)15-10-31-19(26-15)12-7-23-24-8-12/h2-5,10-13H,6-9H2,1H3,(H,22,23)(H,24,28);2*1-4,7-10,16H,5-6,11H2,(H,23,24)(H,25,29). The van der Waals surface area contributed by atoms with Gasteiger partial charge in [0.15, 0.2) is 17.1 Å². The number of aromatic amines is 3. The largest absolute Gasteiger partial charge is 0.444 e. The Hall–Kier alpha value is -11.7. The molecular formula is C58H55F4N21O10. The van der Waals surface area contributed by atoms with Crippen LogP contribution in [0.15, 0.2) is 161 Å². The molecule has 12 aromatic heterocycles. The number of nitrogens with zero attached hydrogens (tertiary/aromatic N) is 15. The first-order valence-corrected chi connectivity index (χ1v) is 28.0. The average Bonchev–Trinajstić information content (AvgIpc) is 1.79. The summed E-state index contributed by atoms with van der Waals surface area (Å²) in [6.45, 7) is 1.21. The Bertz CT molecular complexity index is 4040. The van der Waals surface area contributed by atoms with Crippen LogP contribution in [0.25, 0.3) is 68.5 Å². The number of methoxy groups -OCH3 is 1. The lowest BCUT2D eigenvalue weighted by Crippen LogP contribution is -2.13. The fraction of sp³-hybridized carbons (Fsp3) is 0.224. The molecule has 0 aliphatic carbocycles. The quantitative estimate of drug-likeness (QED) is 0.0200. The van der Waals surface area contributed by atoms with Gasteiger partial charge in [0.25, 0.3) is 30.6 Å². The van der Waals surface area contributed by atoms with Crippen LogP contribution < -0.4 is 16.0 Å².